The smallest absolute Gasteiger partial charge is 0.261 e. The molecule has 0 aliphatic rings. The molecule has 30 heavy (non-hydrogen) atoms. The molecular weight excluding hydrogens is 398 g/mol. The van der Waals surface area contributed by atoms with Gasteiger partial charge >= 0.3 is 0 Å². The molecule has 0 spiro atoms. The Bertz CT molecular complexity index is 1320. The largest absolute Gasteiger partial charge is 0.300 e. The Morgan fingerprint density at radius 3 is 2.37 bits per heavy atom. The Hall–Kier alpha value is -3.58. The quantitative estimate of drug-likeness (QED) is 0.507. The van der Waals surface area contributed by atoms with Crippen LogP contribution in [0.25, 0.3) is 22.0 Å². The third-order valence-electron chi connectivity index (χ3n) is 4.69. The zero-order chi connectivity index (χ0) is 21.1. The molecule has 0 fully saturated rings. The van der Waals surface area contributed by atoms with E-state index in [-0.39, 0.29) is 17.1 Å². The summed E-state index contributed by atoms with van der Waals surface area (Å²) in [6.07, 6.45) is 5.33. The molecule has 0 aliphatic heterocycles. The summed E-state index contributed by atoms with van der Waals surface area (Å²) in [5, 5.41) is 0.834. The van der Waals surface area contributed by atoms with Gasteiger partial charge in [0.05, 0.1) is 16.1 Å². The standard InChI is InChI=1S/C23H19N3O3S/c1-16(27)15-17-4-6-19(7-5-17)30(28,29)26-22-9-8-20(18-10-13-24-14-11-18)21-3-2-12-25-23(21)22/h2-14,26H,15H2,1H3. The predicted octanol–water partition coefficient (Wildman–Crippen LogP) is 4.23. The van der Waals surface area contributed by atoms with Crippen LogP contribution in [0.2, 0.25) is 0 Å². The van der Waals surface area contributed by atoms with Crippen LogP contribution in [-0.2, 0) is 21.2 Å². The number of ketones is 1. The highest BCUT2D eigenvalue weighted by Gasteiger charge is 2.17. The topological polar surface area (TPSA) is 89.0 Å². The second kappa shape index (κ2) is 8.04. The van der Waals surface area contributed by atoms with Crippen molar-refractivity contribution in [1.29, 1.82) is 0 Å². The van der Waals surface area contributed by atoms with Crippen LogP contribution >= 0.6 is 0 Å². The maximum absolute atomic E-state index is 12.9. The number of rotatable bonds is 6. The summed E-state index contributed by atoms with van der Waals surface area (Å²) in [6.45, 7) is 1.50. The normalized spacial score (nSPS) is 11.4. The number of fused-ring (bicyclic) bond motifs is 1. The Balaban J connectivity index is 1.71. The number of Topliss-reactive ketones (excluding diaryl/α,β-unsaturated/α-hetero) is 1. The summed E-state index contributed by atoms with van der Waals surface area (Å²) in [6, 6.07) is 17.4. The average Bonchev–Trinajstić information content (AvgIpc) is 2.74. The maximum Gasteiger partial charge on any atom is 0.261 e. The molecule has 0 atom stereocenters. The lowest BCUT2D eigenvalue weighted by Gasteiger charge is -2.13. The van der Waals surface area contributed by atoms with Crippen molar-refractivity contribution < 1.29 is 13.2 Å². The van der Waals surface area contributed by atoms with Gasteiger partial charge in [-0.1, -0.05) is 24.3 Å². The van der Waals surface area contributed by atoms with Gasteiger partial charge in [0.15, 0.2) is 0 Å². The minimum absolute atomic E-state index is 0.0237. The second-order valence-corrected chi connectivity index (χ2v) is 8.61. The lowest BCUT2D eigenvalue weighted by molar-refractivity contribution is -0.116. The van der Waals surface area contributed by atoms with Gasteiger partial charge in [0, 0.05) is 30.4 Å². The Morgan fingerprint density at radius 2 is 1.67 bits per heavy atom. The van der Waals surface area contributed by atoms with Crippen LogP contribution in [0.15, 0.2) is 84.1 Å². The van der Waals surface area contributed by atoms with Crippen LogP contribution in [0.3, 0.4) is 0 Å². The Morgan fingerprint density at radius 1 is 0.933 bits per heavy atom. The molecule has 4 aromatic rings. The first kappa shape index (κ1) is 19.7. The number of pyridine rings is 2. The van der Waals surface area contributed by atoms with Crippen LogP contribution in [0.1, 0.15) is 12.5 Å². The summed E-state index contributed by atoms with van der Waals surface area (Å²) in [4.78, 5) is 19.8. The number of aromatic nitrogens is 2. The van der Waals surface area contributed by atoms with Crippen molar-refractivity contribution >= 4 is 32.4 Å². The molecule has 0 unspecified atom stereocenters. The fraction of sp³-hybridized carbons (Fsp3) is 0.0870. The highest BCUT2D eigenvalue weighted by Crippen LogP contribution is 2.32. The monoisotopic (exact) mass is 417 g/mol. The van der Waals surface area contributed by atoms with E-state index in [0.29, 0.717) is 11.2 Å². The van der Waals surface area contributed by atoms with Gasteiger partial charge in [0.2, 0.25) is 0 Å². The summed E-state index contributed by atoms with van der Waals surface area (Å²) >= 11 is 0. The fourth-order valence-electron chi connectivity index (χ4n) is 3.32. The number of nitrogens with zero attached hydrogens (tertiary/aromatic N) is 2. The molecule has 0 saturated carbocycles. The molecule has 2 heterocycles. The van der Waals surface area contributed by atoms with Crippen molar-refractivity contribution in [2.24, 2.45) is 0 Å². The third-order valence-corrected chi connectivity index (χ3v) is 6.07. The lowest BCUT2D eigenvalue weighted by Crippen LogP contribution is -2.13. The number of carbonyl (C=O) groups excluding carboxylic acids is 1. The van der Waals surface area contributed by atoms with E-state index in [1.54, 1.807) is 36.8 Å². The van der Waals surface area contributed by atoms with E-state index in [0.717, 1.165) is 22.1 Å². The highest BCUT2D eigenvalue weighted by molar-refractivity contribution is 7.92. The first-order valence-electron chi connectivity index (χ1n) is 9.33. The molecule has 0 saturated heterocycles. The van der Waals surface area contributed by atoms with Crippen molar-refractivity contribution in [3.8, 4) is 11.1 Å². The number of sulfonamides is 1. The molecule has 0 amide bonds. The molecule has 2 aromatic carbocycles. The van der Waals surface area contributed by atoms with Crippen LogP contribution in [0, 0.1) is 0 Å². The molecule has 150 valence electrons. The van der Waals surface area contributed by atoms with Gasteiger partial charge in [-0.2, -0.15) is 0 Å². The van der Waals surface area contributed by atoms with Gasteiger partial charge in [-0.3, -0.25) is 19.5 Å². The summed E-state index contributed by atoms with van der Waals surface area (Å²) < 4.78 is 28.5. The number of carbonyl (C=O) groups is 1. The molecular formula is C23H19N3O3S. The first-order chi connectivity index (χ1) is 14.4. The van der Waals surface area contributed by atoms with Crippen molar-refractivity contribution in [3.63, 3.8) is 0 Å². The maximum atomic E-state index is 12.9. The molecule has 2 aromatic heterocycles. The van der Waals surface area contributed by atoms with E-state index in [2.05, 4.69) is 14.7 Å². The van der Waals surface area contributed by atoms with Crippen molar-refractivity contribution in [2.45, 2.75) is 18.2 Å². The summed E-state index contributed by atoms with van der Waals surface area (Å²) in [7, 11) is -3.81. The lowest BCUT2D eigenvalue weighted by atomic mass is 10.0. The van der Waals surface area contributed by atoms with E-state index in [1.807, 2.05) is 30.3 Å². The molecule has 4 rings (SSSR count). The molecule has 1 N–H and O–H groups in total. The third kappa shape index (κ3) is 4.06. The zero-order valence-electron chi connectivity index (χ0n) is 16.2. The van der Waals surface area contributed by atoms with Gasteiger partial charge in [-0.25, -0.2) is 8.42 Å². The predicted molar refractivity (Wildman–Crippen MR) is 117 cm³/mol. The van der Waals surface area contributed by atoms with E-state index in [4.69, 9.17) is 0 Å². The van der Waals surface area contributed by atoms with E-state index >= 15 is 0 Å². The molecule has 6 nitrogen and oxygen atoms in total. The van der Waals surface area contributed by atoms with E-state index in [1.165, 1.54) is 19.1 Å². The highest BCUT2D eigenvalue weighted by atomic mass is 32.2. The summed E-state index contributed by atoms with van der Waals surface area (Å²) in [5.74, 6) is 0.0237. The van der Waals surface area contributed by atoms with Gasteiger partial charge in [0.25, 0.3) is 10.0 Å². The van der Waals surface area contributed by atoms with E-state index < -0.39 is 10.0 Å². The molecule has 0 aliphatic carbocycles. The van der Waals surface area contributed by atoms with E-state index in [9.17, 15) is 13.2 Å². The van der Waals surface area contributed by atoms with Crippen molar-refractivity contribution in [1.82, 2.24) is 9.97 Å². The fourth-order valence-corrected chi connectivity index (χ4v) is 4.38. The minimum Gasteiger partial charge on any atom is -0.300 e. The van der Waals surface area contributed by atoms with Crippen LogP contribution in [0.4, 0.5) is 5.69 Å². The van der Waals surface area contributed by atoms with Crippen LogP contribution in [0.5, 0.6) is 0 Å². The van der Waals surface area contributed by atoms with Gasteiger partial charge in [0.1, 0.15) is 5.78 Å². The zero-order valence-corrected chi connectivity index (χ0v) is 17.1. The molecule has 0 radical (unpaired) electrons. The van der Waals surface area contributed by atoms with Crippen molar-refractivity contribution in [2.75, 3.05) is 4.72 Å². The molecule has 7 heteroatoms. The second-order valence-electron chi connectivity index (χ2n) is 6.92. The number of nitrogens with one attached hydrogen (secondary N) is 1. The number of hydrogen-bond donors (Lipinski definition) is 1. The van der Waals surface area contributed by atoms with Crippen molar-refractivity contribution in [3.05, 3.63) is 84.8 Å². The SMILES string of the molecule is CC(=O)Cc1ccc(S(=O)(=O)Nc2ccc(-c3ccncc3)c3cccnc23)cc1. The first-order valence-corrected chi connectivity index (χ1v) is 10.8. The van der Waals surface area contributed by atoms with Gasteiger partial charge in [-0.05, 0) is 60.0 Å². The minimum atomic E-state index is -3.81. The average molecular weight is 417 g/mol. The number of hydrogen-bond acceptors (Lipinski definition) is 5. The molecule has 0 bridgehead atoms. The van der Waals surface area contributed by atoms with Gasteiger partial charge in [-0.15, -0.1) is 0 Å². The Labute approximate surface area is 174 Å². The summed E-state index contributed by atoms with van der Waals surface area (Å²) in [5.41, 5.74) is 3.64. The Kier molecular flexibility index (Phi) is 5.29. The number of benzene rings is 2. The van der Waals surface area contributed by atoms with Crippen LogP contribution < -0.4 is 4.72 Å². The van der Waals surface area contributed by atoms with Crippen LogP contribution in [-0.4, -0.2) is 24.2 Å². The van der Waals surface area contributed by atoms with Gasteiger partial charge < -0.3 is 0 Å². The number of anilines is 1.